The maximum Gasteiger partial charge on any atom is 0.360 e. The quantitative estimate of drug-likeness (QED) is 0.795. The fourth-order valence-electron chi connectivity index (χ4n) is 1.26. The molecule has 0 amide bonds. The van der Waals surface area contributed by atoms with Crippen molar-refractivity contribution in [3.63, 3.8) is 0 Å². The predicted molar refractivity (Wildman–Crippen MR) is 61.0 cm³/mol. The molecule has 0 aliphatic carbocycles. The molecule has 4 nitrogen and oxygen atoms in total. The molecule has 2 rings (SSSR count). The van der Waals surface area contributed by atoms with E-state index >= 15 is 0 Å². The van der Waals surface area contributed by atoms with Gasteiger partial charge in [0, 0.05) is 16.1 Å². The maximum atomic E-state index is 11.2. The van der Waals surface area contributed by atoms with Crippen LogP contribution in [-0.2, 0) is 4.74 Å². The van der Waals surface area contributed by atoms with Gasteiger partial charge in [0.2, 0.25) is 0 Å². The minimum absolute atomic E-state index is 0.160. The van der Waals surface area contributed by atoms with Gasteiger partial charge in [-0.2, -0.15) is 0 Å². The van der Waals surface area contributed by atoms with Gasteiger partial charge in [0.25, 0.3) is 0 Å². The molecular formula is C11H8BrNO3. The number of aromatic nitrogens is 1. The van der Waals surface area contributed by atoms with Gasteiger partial charge in [-0.1, -0.05) is 33.2 Å². The zero-order valence-corrected chi connectivity index (χ0v) is 10.0. The van der Waals surface area contributed by atoms with Gasteiger partial charge in [-0.05, 0) is 12.1 Å². The Balaban J connectivity index is 2.39. The number of carbonyl (C=O) groups is 1. The predicted octanol–water partition coefficient (Wildman–Crippen LogP) is 2.89. The van der Waals surface area contributed by atoms with Crippen LogP contribution in [0.15, 0.2) is 39.3 Å². The summed E-state index contributed by atoms with van der Waals surface area (Å²) < 4.78 is 10.5. The number of nitrogens with zero attached hydrogens (tertiary/aromatic N) is 1. The fourth-order valence-corrected chi connectivity index (χ4v) is 1.74. The molecule has 0 fully saturated rings. The summed E-state index contributed by atoms with van der Waals surface area (Å²) in [6.07, 6.45) is 0. The highest BCUT2D eigenvalue weighted by Gasteiger charge is 2.14. The number of halogens is 1. The summed E-state index contributed by atoms with van der Waals surface area (Å²) in [7, 11) is 1.30. The molecular weight excluding hydrogens is 274 g/mol. The van der Waals surface area contributed by atoms with Gasteiger partial charge in [0.15, 0.2) is 11.5 Å². The molecule has 0 unspecified atom stereocenters. The van der Waals surface area contributed by atoms with Crippen LogP contribution in [0.25, 0.3) is 11.3 Å². The van der Waals surface area contributed by atoms with Gasteiger partial charge in [-0.15, -0.1) is 0 Å². The Hall–Kier alpha value is -1.62. The zero-order chi connectivity index (χ0) is 11.5. The van der Waals surface area contributed by atoms with Crippen molar-refractivity contribution in [2.24, 2.45) is 0 Å². The Morgan fingerprint density at radius 3 is 2.88 bits per heavy atom. The number of esters is 1. The Morgan fingerprint density at radius 1 is 1.44 bits per heavy atom. The van der Waals surface area contributed by atoms with Crippen LogP contribution in [0.4, 0.5) is 0 Å². The highest BCUT2D eigenvalue weighted by molar-refractivity contribution is 9.10. The van der Waals surface area contributed by atoms with Crippen molar-refractivity contribution in [2.75, 3.05) is 7.11 Å². The van der Waals surface area contributed by atoms with E-state index in [-0.39, 0.29) is 5.69 Å². The van der Waals surface area contributed by atoms with Crippen LogP contribution in [0.3, 0.4) is 0 Å². The van der Waals surface area contributed by atoms with Crippen molar-refractivity contribution >= 4 is 21.9 Å². The second kappa shape index (κ2) is 4.49. The van der Waals surface area contributed by atoms with E-state index in [0.717, 1.165) is 10.0 Å². The summed E-state index contributed by atoms with van der Waals surface area (Å²) in [4.78, 5) is 11.2. The molecule has 5 heteroatoms. The molecule has 0 atom stereocenters. The van der Waals surface area contributed by atoms with Crippen molar-refractivity contribution < 1.29 is 14.1 Å². The van der Waals surface area contributed by atoms with Crippen molar-refractivity contribution in [2.45, 2.75) is 0 Å². The molecule has 0 radical (unpaired) electrons. The van der Waals surface area contributed by atoms with Crippen molar-refractivity contribution in [3.8, 4) is 11.3 Å². The van der Waals surface area contributed by atoms with Crippen LogP contribution in [-0.4, -0.2) is 18.2 Å². The molecule has 1 aromatic heterocycles. The summed E-state index contributed by atoms with van der Waals surface area (Å²) >= 11 is 3.39. The minimum atomic E-state index is -0.512. The van der Waals surface area contributed by atoms with Crippen LogP contribution in [0.1, 0.15) is 10.5 Å². The zero-order valence-electron chi connectivity index (χ0n) is 8.44. The molecule has 0 spiro atoms. The lowest BCUT2D eigenvalue weighted by atomic mass is 10.2. The van der Waals surface area contributed by atoms with E-state index in [1.165, 1.54) is 7.11 Å². The lowest BCUT2D eigenvalue weighted by Crippen LogP contribution is -2.00. The molecule has 0 bridgehead atoms. The summed E-state index contributed by atoms with van der Waals surface area (Å²) in [5.74, 6) is 0.00919. The number of ether oxygens (including phenoxy) is 1. The van der Waals surface area contributed by atoms with Crippen LogP contribution in [0.5, 0.6) is 0 Å². The average molecular weight is 282 g/mol. The van der Waals surface area contributed by atoms with Gasteiger partial charge >= 0.3 is 5.97 Å². The summed E-state index contributed by atoms with van der Waals surface area (Å²) in [5.41, 5.74) is 0.999. The molecule has 0 N–H and O–H groups in total. The Bertz CT molecular complexity index is 521. The third-order valence-electron chi connectivity index (χ3n) is 2.04. The number of hydrogen-bond donors (Lipinski definition) is 0. The van der Waals surface area contributed by atoms with E-state index in [1.807, 2.05) is 24.3 Å². The molecule has 1 aromatic carbocycles. The van der Waals surface area contributed by atoms with Crippen molar-refractivity contribution in [1.29, 1.82) is 0 Å². The SMILES string of the molecule is COC(=O)c1cc(-c2ccccc2Br)on1. The Kier molecular flexibility index (Phi) is 3.05. The van der Waals surface area contributed by atoms with Crippen LogP contribution in [0, 0.1) is 0 Å². The van der Waals surface area contributed by atoms with Crippen LogP contribution < -0.4 is 0 Å². The normalized spacial score (nSPS) is 10.1. The van der Waals surface area contributed by atoms with Gasteiger partial charge < -0.3 is 9.26 Å². The van der Waals surface area contributed by atoms with E-state index in [1.54, 1.807) is 6.07 Å². The largest absolute Gasteiger partial charge is 0.464 e. The van der Waals surface area contributed by atoms with Crippen molar-refractivity contribution in [1.82, 2.24) is 5.16 Å². The summed E-state index contributed by atoms with van der Waals surface area (Å²) in [6.45, 7) is 0. The highest BCUT2D eigenvalue weighted by Crippen LogP contribution is 2.28. The number of hydrogen-bond acceptors (Lipinski definition) is 4. The molecule has 0 saturated heterocycles. The van der Waals surface area contributed by atoms with E-state index < -0.39 is 5.97 Å². The van der Waals surface area contributed by atoms with E-state index in [4.69, 9.17) is 4.52 Å². The molecule has 82 valence electrons. The fraction of sp³-hybridized carbons (Fsp3) is 0.0909. The van der Waals surface area contributed by atoms with Gasteiger partial charge in [-0.3, -0.25) is 0 Å². The smallest absolute Gasteiger partial charge is 0.360 e. The number of rotatable bonds is 2. The standard InChI is InChI=1S/C11H8BrNO3/c1-15-11(14)9-6-10(16-13-9)7-4-2-3-5-8(7)12/h2-6H,1H3. The van der Waals surface area contributed by atoms with Crippen molar-refractivity contribution in [3.05, 3.63) is 40.5 Å². The molecule has 1 heterocycles. The average Bonchev–Trinajstić information content (AvgIpc) is 2.78. The van der Waals surface area contributed by atoms with Crippen LogP contribution in [0.2, 0.25) is 0 Å². The van der Waals surface area contributed by atoms with E-state index in [0.29, 0.717) is 5.76 Å². The van der Waals surface area contributed by atoms with Crippen LogP contribution >= 0.6 is 15.9 Å². The maximum absolute atomic E-state index is 11.2. The second-order valence-electron chi connectivity index (χ2n) is 3.05. The third kappa shape index (κ3) is 1.99. The molecule has 2 aromatic rings. The first kappa shape index (κ1) is 10.9. The lowest BCUT2D eigenvalue weighted by molar-refractivity contribution is 0.0589. The molecule has 0 aliphatic rings. The molecule has 16 heavy (non-hydrogen) atoms. The number of benzene rings is 1. The first-order chi connectivity index (χ1) is 7.72. The third-order valence-corrected chi connectivity index (χ3v) is 2.74. The van der Waals surface area contributed by atoms with Gasteiger partial charge in [0.05, 0.1) is 7.11 Å². The molecule has 0 aliphatic heterocycles. The first-order valence-corrected chi connectivity index (χ1v) is 5.31. The molecule has 0 saturated carbocycles. The number of carbonyl (C=O) groups excluding carboxylic acids is 1. The van der Waals surface area contributed by atoms with E-state index in [2.05, 4.69) is 25.8 Å². The van der Waals surface area contributed by atoms with E-state index in [9.17, 15) is 4.79 Å². The lowest BCUT2D eigenvalue weighted by Gasteiger charge is -1.97. The highest BCUT2D eigenvalue weighted by atomic mass is 79.9. The monoisotopic (exact) mass is 281 g/mol. The first-order valence-electron chi connectivity index (χ1n) is 4.52. The second-order valence-corrected chi connectivity index (χ2v) is 3.90. The topological polar surface area (TPSA) is 52.3 Å². The number of methoxy groups -OCH3 is 1. The Labute approximate surface area is 100 Å². The van der Waals surface area contributed by atoms with Gasteiger partial charge in [0.1, 0.15) is 0 Å². The summed E-state index contributed by atoms with van der Waals surface area (Å²) in [5, 5.41) is 3.63. The minimum Gasteiger partial charge on any atom is -0.464 e. The summed E-state index contributed by atoms with van der Waals surface area (Å²) in [6, 6.07) is 9.07. The Morgan fingerprint density at radius 2 is 2.19 bits per heavy atom. The van der Waals surface area contributed by atoms with Gasteiger partial charge in [-0.25, -0.2) is 4.79 Å².